The molecule has 0 aromatic rings. The largest absolute Gasteiger partial charge is 0.465 e. The van der Waals surface area contributed by atoms with E-state index in [0.29, 0.717) is 19.4 Å². The van der Waals surface area contributed by atoms with Gasteiger partial charge < -0.3 is 45.1 Å². The van der Waals surface area contributed by atoms with Crippen LogP contribution in [0.5, 0.6) is 0 Å². The third kappa shape index (κ3) is 44.5. The van der Waals surface area contributed by atoms with Gasteiger partial charge in [-0.25, -0.2) is 0 Å². The van der Waals surface area contributed by atoms with Crippen LogP contribution in [0.15, 0.2) is 72.9 Å². The number of carbonyl (C=O) groups excluding carboxylic acids is 2. The highest BCUT2D eigenvalue weighted by Gasteiger charge is 2.44. The molecule has 1 saturated heterocycles. The molecule has 1 rings (SSSR count). The van der Waals surface area contributed by atoms with Crippen molar-refractivity contribution < 1.29 is 49.3 Å². The minimum Gasteiger partial charge on any atom is -0.465 e. The molecule has 6 N–H and O–H groups in total. The van der Waals surface area contributed by atoms with Crippen LogP contribution < -0.4 is 5.32 Å². The molecule has 0 radical (unpaired) electrons. The molecule has 11 nitrogen and oxygen atoms in total. The van der Waals surface area contributed by atoms with Crippen molar-refractivity contribution in [1.29, 1.82) is 0 Å². The molecule has 0 saturated carbocycles. The van der Waals surface area contributed by atoms with E-state index in [1.54, 1.807) is 6.08 Å². The van der Waals surface area contributed by atoms with Crippen molar-refractivity contribution in [3.05, 3.63) is 72.9 Å². The maximum atomic E-state index is 13.0. The number of esters is 1. The summed E-state index contributed by atoms with van der Waals surface area (Å²) in [6.07, 6.45) is 63.3. The molecule has 11 heteroatoms. The Kier molecular flexibility index (Phi) is 51.5. The average molecular weight is 1080 g/mol. The number of amides is 1. The summed E-state index contributed by atoms with van der Waals surface area (Å²) in [6, 6.07) is -0.832. The number of aliphatic hydroxyl groups excluding tert-OH is 5. The summed E-state index contributed by atoms with van der Waals surface area (Å²) in [5, 5.41) is 54.2. The molecule has 446 valence electrons. The van der Waals surface area contributed by atoms with Gasteiger partial charge in [-0.3, -0.25) is 9.59 Å². The highest BCUT2D eigenvalue weighted by Crippen LogP contribution is 2.23. The second kappa shape index (κ2) is 55.0. The molecule has 1 amide bonds. The second-order valence-electron chi connectivity index (χ2n) is 21.7. The van der Waals surface area contributed by atoms with Crippen molar-refractivity contribution in [2.24, 2.45) is 0 Å². The molecule has 7 unspecified atom stereocenters. The first kappa shape index (κ1) is 72.1. The van der Waals surface area contributed by atoms with Crippen LogP contribution in [0.2, 0.25) is 0 Å². The van der Waals surface area contributed by atoms with Gasteiger partial charge in [-0.2, -0.15) is 0 Å². The van der Waals surface area contributed by atoms with Crippen LogP contribution in [-0.4, -0.2) is 100 Å². The Hall–Kier alpha value is -2.90. The molecule has 0 bridgehead atoms. The zero-order valence-corrected chi connectivity index (χ0v) is 49.2. The number of carbonyl (C=O) groups is 2. The quantitative estimate of drug-likeness (QED) is 0.0195. The van der Waals surface area contributed by atoms with Crippen LogP contribution in [0.1, 0.15) is 271 Å². The van der Waals surface area contributed by atoms with Crippen molar-refractivity contribution in [2.45, 2.75) is 314 Å². The van der Waals surface area contributed by atoms with E-state index in [1.807, 2.05) is 6.08 Å². The number of hydrogen-bond donors (Lipinski definition) is 6. The third-order valence-corrected chi connectivity index (χ3v) is 14.5. The second-order valence-corrected chi connectivity index (χ2v) is 21.7. The maximum absolute atomic E-state index is 13.0. The van der Waals surface area contributed by atoms with Gasteiger partial charge in [0.05, 0.1) is 32.0 Å². The van der Waals surface area contributed by atoms with Gasteiger partial charge in [-0.05, 0) is 96.3 Å². The summed E-state index contributed by atoms with van der Waals surface area (Å²) in [7, 11) is 0. The fourth-order valence-corrected chi connectivity index (χ4v) is 9.49. The number of hydrogen-bond acceptors (Lipinski definition) is 10. The number of allylic oxidation sites excluding steroid dienone is 10. The van der Waals surface area contributed by atoms with Crippen LogP contribution >= 0.6 is 0 Å². The van der Waals surface area contributed by atoms with Crippen molar-refractivity contribution in [2.75, 3.05) is 19.8 Å². The van der Waals surface area contributed by atoms with E-state index < -0.39 is 49.5 Å². The van der Waals surface area contributed by atoms with Crippen molar-refractivity contribution in [3.63, 3.8) is 0 Å². The van der Waals surface area contributed by atoms with Gasteiger partial charge in [0.25, 0.3) is 0 Å². The lowest BCUT2D eigenvalue weighted by atomic mass is 9.99. The van der Waals surface area contributed by atoms with Crippen LogP contribution in [0.25, 0.3) is 0 Å². The lowest BCUT2D eigenvalue weighted by Gasteiger charge is -2.40. The molecule has 1 aliphatic heterocycles. The molecular formula is C66H117NO10. The molecule has 0 aromatic carbocycles. The van der Waals surface area contributed by atoms with Gasteiger partial charge in [0.2, 0.25) is 5.91 Å². The van der Waals surface area contributed by atoms with Crippen molar-refractivity contribution in [1.82, 2.24) is 5.32 Å². The van der Waals surface area contributed by atoms with E-state index in [4.69, 9.17) is 14.2 Å². The SMILES string of the molecule is CCCCC/C=C\C/C=C\CCCCCCCCCCCC(=O)OCC/C=C\C/C=C\CCCCCCCCCCCCCCCCC(=O)NC(COC1OC(CO)C(O)C(O)C1O)C(O)/C=C/CC/C=C/CCCCC. The average Bonchev–Trinajstić information content (AvgIpc) is 3.43. The monoisotopic (exact) mass is 1080 g/mol. The fraction of sp³-hybridized carbons (Fsp3) is 0.788. The number of unbranched alkanes of at least 4 members (excludes halogenated alkanes) is 30. The highest BCUT2D eigenvalue weighted by atomic mass is 16.7. The Morgan fingerprint density at radius 1 is 0.481 bits per heavy atom. The Bertz CT molecular complexity index is 1510. The minimum atomic E-state index is -1.58. The van der Waals surface area contributed by atoms with Crippen molar-refractivity contribution >= 4 is 11.9 Å². The normalized spacial score (nSPS) is 19.1. The van der Waals surface area contributed by atoms with Crippen LogP contribution in [-0.2, 0) is 23.8 Å². The van der Waals surface area contributed by atoms with E-state index >= 15 is 0 Å². The Labute approximate surface area is 471 Å². The molecule has 0 aromatic heterocycles. The van der Waals surface area contributed by atoms with Gasteiger partial charge >= 0.3 is 5.97 Å². The fourth-order valence-electron chi connectivity index (χ4n) is 9.49. The number of rotatable bonds is 54. The minimum absolute atomic E-state index is 0.0536. The molecule has 1 aliphatic rings. The molecule has 0 aliphatic carbocycles. The lowest BCUT2D eigenvalue weighted by molar-refractivity contribution is -0.302. The first-order valence-electron chi connectivity index (χ1n) is 31.7. The Balaban J connectivity index is 2.00. The van der Waals surface area contributed by atoms with Gasteiger partial charge in [-0.15, -0.1) is 0 Å². The topological polar surface area (TPSA) is 175 Å². The number of ether oxygens (including phenoxy) is 3. The van der Waals surface area contributed by atoms with E-state index in [0.717, 1.165) is 83.5 Å². The van der Waals surface area contributed by atoms with E-state index in [2.05, 4.69) is 79.9 Å². The van der Waals surface area contributed by atoms with Crippen LogP contribution in [0.4, 0.5) is 0 Å². The number of aliphatic hydroxyl groups is 5. The first-order chi connectivity index (χ1) is 37.7. The Morgan fingerprint density at radius 2 is 0.883 bits per heavy atom. The van der Waals surface area contributed by atoms with Gasteiger partial charge in [0.1, 0.15) is 24.4 Å². The summed E-state index contributed by atoms with van der Waals surface area (Å²) in [5.41, 5.74) is 0. The highest BCUT2D eigenvalue weighted by molar-refractivity contribution is 5.76. The predicted octanol–water partition coefficient (Wildman–Crippen LogP) is 15.2. The van der Waals surface area contributed by atoms with E-state index in [-0.39, 0.29) is 18.5 Å². The number of nitrogens with one attached hydrogen (secondary N) is 1. The molecular weight excluding hydrogens is 967 g/mol. The summed E-state index contributed by atoms with van der Waals surface area (Å²) < 4.78 is 16.6. The maximum Gasteiger partial charge on any atom is 0.305 e. The predicted molar refractivity (Wildman–Crippen MR) is 319 cm³/mol. The van der Waals surface area contributed by atoms with E-state index in [1.165, 1.54) is 161 Å². The Morgan fingerprint density at radius 3 is 1.36 bits per heavy atom. The van der Waals surface area contributed by atoms with E-state index in [9.17, 15) is 35.1 Å². The lowest BCUT2D eigenvalue weighted by Crippen LogP contribution is -2.60. The molecule has 7 atom stereocenters. The van der Waals surface area contributed by atoms with Crippen LogP contribution in [0.3, 0.4) is 0 Å². The summed E-state index contributed by atoms with van der Waals surface area (Å²) in [6.45, 7) is 4.13. The molecule has 1 heterocycles. The zero-order chi connectivity index (χ0) is 55.9. The van der Waals surface area contributed by atoms with Gasteiger partial charge in [0.15, 0.2) is 6.29 Å². The third-order valence-electron chi connectivity index (χ3n) is 14.5. The first-order valence-corrected chi connectivity index (χ1v) is 31.7. The summed E-state index contributed by atoms with van der Waals surface area (Å²) in [4.78, 5) is 25.1. The van der Waals surface area contributed by atoms with Gasteiger partial charge in [0, 0.05) is 12.8 Å². The zero-order valence-electron chi connectivity index (χ0n) is 49.2. The van der Waals surface area contributed by atoms with Crippen LogP contribution in [0, 0.1) is 0 Å². The summed E-state index contributed by atoms with van der Waals surface area (Å²) >= 11 is 0. The molecule has 0 spiro atoms. The molecule has 1 fully saturated rings. The van der Waals surface area contributed by atoms with Gasteiger partial charge in [-0.1, -0.05) is 234 Å². The smallest absolute Gasteiger partial charge is 0.305 e. The van der Waals surface area contributed by atoms with Crippen molar-refractivity contribution in [3.8, 4) is 0 Å². The summed E-state index contributed by atoms with van der Waals surface area (Å²) in [5.74, 6) is -0.254. The molecule has 77 heavy (non-hydrogen) atoms. The standard InChI is InChI=1S/C66H117NO10/c1-3-5-7-9-11-13-14-15-16-17-21-25-28-31-34-38-42-46-50-54-62(71)75-55-51-47-43-39-35-32-29-26-23-20-18-19-22-24-27-30-33-37-41-45-49-53-61(70)67-58(59(69)52-48-44-40-36-12-10-8-6-4-2)57-76-66-65(74)64(73)63(72)60(56-68)77-66/h11-13,15-16,32,35-36,43,47-48,52,58-60,63-66,68-69,72-74H,3-10,14,17-31,33-34,37-42,44-46,49-51,53-57H2,1-2H3,(H,67,70)/b13-11-,16-15-,35-32-,36-12+,47-43-,52-48+.